The van der Waals surface area contributed by atoms with E-state index in [1.54, 1.807) is 36.6 Å². The molecule has 0 amide bonds. The number of furan rings is 1. The third-order valence-corrected chi connectivity index (χ3v) is 3.28. The molecule has 2 aromatic heterocycles. The number of aryl methyl sites for hydroxylation is 1. The van der Waals surface area contributed by atoms with E-state index in [1.165, 1.54) is 7.11 Å². The quantitative estimate of drug-likeness (QED) is 0.714. The van der Waals surface area contributed by atoms with Crippen LogP contribution < -0.4 is 9.47 Å². The molecule has 1 aromatic carbocycles. The van der Waals surface area contributed by atoms with E-state index >= 15 is 0 Å². The summed E-state index contributed by atoms with van der Waals surface area (Å²) in [6.45, 7) is 2.03. The van der Waals surface area contributed by atoms with Crippen LogP contribution in [0.15, 0.2) is 45.4 Å². The highest BCUT2D eigenvalue weighted by molar-refractivity contribution is 5.47. The molecule has 0 unspecified atom stereocenters. The lowest BCUT2D eigenvalue weighted by Gasteiger charge is -2.09. The molecule has 0 atom stereocenters. The average Bonchev–Trinajstić information content (AvgIpc) is 3.22. The Kier molecular flexibility index (Phi) is 4.02. The molecule has 0 spiro atoms. The number of aromatic nitrogens is 1. The molecule has 6 nitrogen and oxygen atoms in total. The topological polar surface area (TPSA) is 81.4 Å². The number of methoxy groups -OCH3 is 1. The fourth-order valence-corrected chi connectivity index (χ4v) is 2.07. The summed E-state index contributed by atoms with van der Waals surface area (Å²) in [6.07, 6.45) is 1.56. The van der Waals surface area contributed by atoms with Crippen LogP contribution in [-0.4, -0.2) is 12.1 Å². The monoisotopic (exact) mass is 310 g/mol. The Balaban J connectivity index is 1.78. The van der Waals surface area contributed by atoms with Crippen molar-refractivity contribution in [2.45, 2.75) is 13.5 Å². The summed E-state index contributed by atoms with van der Waals surface area (Å²) < 4.78 is 21.8. The van der Waals surface area contributed by atoms with Crippen LogP contribution in [0, 0.1) is 18.3 Å². The SMILES string of the molecule is COc1cc(C#N)ccc1OCc1nc(-c2ccco2)oc1C. The highest BCUT2D eigenvalue weighted by atomic mass is 16.5. The van der Waals surface area contributed by atoms with Crippen molar-refractivity contribution >= 4 is 0 Å². The molecule has 0 aliphatic heterocycles. The summed E-state index contributed by atoms with van der Waals surface area (Å²) in [6, 6.07) is 10.6. The normalized spacial score (nSPS) is 10.3. The fourth-order valence-electron chi connectivity index (χ4n) is 2.07. The van der Waals surface area contributed by atoms with E-state index < -0.39 is 0 Å². The van der Waals surface area contributed by atoms with E-state index in [2.05, 4.69) is 11.1 Å². The van der Waals surface area contributed by atoms with Crippen LogP contribution in [0.4, 0.5) is 0 Å². The summed E-state index contributed by atoms with van der Waals surface area (Å²) in [5.74, 6) is 2.67. The summed E-state index contributed by atoms with van der Waals surface area (Å²) in [7, 11) is 1.53. The molecular formula is C17H14N2O4. The molecule has 6 heteroatoms. The van der Waals surface area contributed by atoms with Crippen LogP contribution in [0.3, 0.4) is 0 Å². The van der Waals surface area contributed by atoms with Gasteiger partial charge in [-0.1, -0.05) is 0 Å². The molecule has 116 valence electrons. The maximum absolute atomic E-state index is 8.91. The molecule has 0 bridgehead atoms. The standard InChI is InChI=1S/C17H14N2O4/c1-11-13(19-17(23-11)15-4-3-7-21-15)10-22-14-6-5-12(9-18)8-16(14)20-2/h3-8H,10H2,1-2H3. The fraction of sp³-hybridized carbons (Fsp3) is 0.176. The maximum Gasteiger partial charge on any atom is 0.263 e. The van der Waals surface area contributed by atoms with E-state index in [0.29, 0.717) is 40.2 Å². The van der Waals surface area contributed by atoms with Crippen molar-refractivity contribution in [2.75, 3.05) is 7.11 Å². The molecule has 0 fully saturated rings. The number of hydrogen-bond donors (Lipinski definition) is 0. The Morgan fingerprint density at radius 3 is 2.83 bits per heavy atom. The lowest BCUT2D eigenvalue weighted by Crippen LogP contribution is -1.99. The smallest absolute Gasteiger partial charge is 0.263 e. The predicted molar refractivity (Wildman–Crippen MR) is 81.0 cm³/mol. The zero-order chi connectivity index (χ0) is 16.2. The molecule has 0 radical (unpaired) electrons. The minimum atomic E-state index is 0.221. The van der Waals surface area contributed by atoms with Gasteiger partial charge in [-0.3, -0.25) is 0 Å². The molecule has 3 aromatic rings. The molecule has 0 aliphatic carbocycles. The third kappa shape index (κ3) is 3.04. The lowest BCUT2D eigenvalue weighted by molar-refractivity contribution is 0.279. The van der Waals surface area contributed by atoms with Crippen LogP contribution in [0.1, 0.15) is 17.0 Å². The van der Waals surface area contributed by atoms with E-state index in [9.17, 15) is 0 Å². The van der Waals surface area contributed by atoms with Crippen molar-refractivity contribution in [3.05, 3.63) is 53.6 Å². The van der Waals surface area contributed by atoms with Gasteiger partial charge in [-0.25, -0.2) is 4.98 Å². The number of hydrogen-bond acceptors (Lipinski definition) is 6. The second kappa shape index (κ2) is 6.28. The average molecular weight is 310 g/mol. The van der Waals surface area contributed by atoms with Gasteiger partial charge < -0.3 is 18.3 Å². The Bertz CT molecular complexity index is 844. The highest BCUT2D eigenvalue weighted by Crippen LogP contribution is 2.29. The molecule has 0 saturated heterocycles. The van der Waals surface area contributed by atoms with Crippen molar-refractivity contribution in [3.63, 3.8) is 0 Å². The van der Waals surface area contributed by atoms with Crippen molar-refractivity contribution in [1.29, 1.82) is 5.26 Å². The van der Waals surface area contributed by atoms with Gasteiger partial charge in [0, 0.05) is 6.07 Å². The van der Waals surface area contributed by atoms with E-state index in [4.69, 9.17) is 23.6 Å². The van der Waals surface area contributed by atoms with Crippen LogP contribution >= 0.6 is 0 Å². The van der Waals surface area contributed by atoms with Crippen molar-refractivity contribution in [1.82, 2.24) is 4.98 Å². The van der Waals surface area contributed by atoms with Gasteiger partial charge in [0.15, 0.2) is 17.3 Å². The first-order valence-electron chi connectivity index (χ1n) is 6.92. The molecule has 2 heterocycles. The zero-order valence-electron chi connectivity index (χ0n) is 12.7. The van der Waals surface area contributed by atoms with Crippen molar-refractivity contribution in [3.8, 4) is 29.2 Å². The molecule has 0 aliphatic rings. The number of nitrogens with zero attached hydrogens (tertiary/aromatic N) is 2. The molecule has 23 heavy (non-hydrogen) atoms. The molecule has 0 N–H and O–H groups in total. The van der Waals surface area contributed by atoms with Gasteiger partial charge in [0.05, 0.1) is 25.0 Å². The second-order valence-electron chi connectivity index (χ2n) is 4.77. The number of nitriles is 1. The Labute approximate surface area is 132 Å². The van der Waals surface area contributed by atoms with E-state index in [1.807, 2.05) is 6.92 Å². The summed E-state index contributed by atoms with van der Waals surface area (Å²) in [5, 5.41) is 8.91. The third-order valence-electron chi connectivity index (χ3n) is 3.28. The van der Waals surface area contributed by atoms with Gasteiger partial charge in [-0.2, -0.15) is 5.26 Å². The van der Waals surface area contributed by atoms with Crippen LogP contribution in [-0.2, 0) is 6.61 Å². The first-order valence-corrected chi connectivity index (χ1v) is 6.92. The maximum atomic E-state index is 8.91. The second-order valence-corrected chi connectivity index (χ2v) is 4.77. The Morgan fingerprint density at radius 2 is 2.13 bits per heavy atom. The number of ether oxygens (including phenoxy) is 2. The van der Waals surface area contributed by atoms with E-state index in [-0.39, 0.29) is 6.61 Å². The first-order chi connectivity index (χ1) is 11.2. The van der Waals surface area contributed by atoms with Gasteiger partial charge in [0.2, 0.25) is 0 Å². The van der Waals surface area contributed by atoms with Gasteiger partial charge in [0.25, 0.3) is 5.89 Å². The van der Waals surface area contributed by atoms with Gasteiger partial charge in [-0.15, -0.1) is 0 Å². The molecular weight excluding hydrogens is 296 g/mol. The van der Waals surface area contributed by atoms with Crippen molar-refractivity contribution in [2.24, 2.45) is 0 Å². The largest absolute Gasteiger partial charge is 0.493 e. The van der Waals surface area contributed by atoms with Gasteiger partial charge in [-0.05, 0) is 31.2 Å². The number of rotatable bonds is 5. The molecule has 3 rings (SSSR count). The highest BCUT2D eigenvalue weighted by Gasteiger charge is 2.15. The summed E-state index contributed by atoms with van der Waals surface area (Å²) >= 11 is 0. The lowest BCUT2D eigenvalue weighted by atomic mass is 10.2. The van der Waals surface area contributed by atoms with Gasteiger partial charge >= 0.3 is 0 Å². The zero-order valence-corrected chi connectivity index (χ0v) is 12.7. The van der Waals surface area contributed by atoms with Crippen LogP contribution in [0.5, 0.6) is 11.5 Å². The summed E-state index contributed by atoms with van der Waals surface area (Å²) in [5.41, 5.74) is 1.18. The number of benzene rings is 1. The number of oxazole rings is 1. The van der Waals surface area contributed by atoms with Crippen LogP contribution in [0.2, 0.25) is 0 Å². The predicted octanol–water partition coefficient (Wildman–Crippen LogP) is 3.70. The first kappa shape index (κ1) is 14.7. The minimum Gasteiger partial charge on any atom is -0.493 e. The molecule has 0 saturated carbocycles. The minimum absolute atomic E-state index is 0.221. The van der Waals surface area contributed by atoms with Gasteiger partial charge in [0.1, 0.15) is 18.1 Å². The summed E-state index contributed by atoms with van der Waals surface area (Å²) in [4.78, 5) is 4.38. The Morgan fingerprint density at radius 1 is 1.26 bits per heavy atom. The van der Waals surface area contributed by atoms with Crippen LogP contribution in [0.25, 0.3) is 11.7 Å². The van der Waals surface area contributed by atoms with E-state index in [0.717, 1.165) is 0 Å². The Hall–Kier alpha value is -3.20. The van der Waals surface area contributed by atoms with Crippen molar-refractivity contribution < 1.29 is 18.3 Å².